The standard InChI is InChI=1S/CI3Si/c2-1(3,4)5. The molecule has 0 fully saturated rings. The Kier molecular flexibility index (Phi) is 3.93. The molecule has 0 saturated carbocycles. The van der Waals surface area contributed by atoms with Crippen LogP contribution < -0.4 is 0 Å². The Labute approximate surface area is 75.7 Å². The van der Waals surface area contributed by atoms with E-state index in [0.717, 1.165) is 0 Å². The van der Waals surface area contributed by atoms with Crippen molar-refractivity contribution in [3.8, 4) is 0 Å². The molecule has 0 aliphatic heterocycles. The fraction of sp³-hybridized carbons (Fsp3) is 1.00. The molecule has 0 aliphatic carbocycles. The summed E-state index contributed by atoms with van der Waals surface area (Å²) < 4.78 is 0.216. The molecule has 5 heavy (non-hydrogen) atoms. The molecule has 0 spiro atoms. The summed E-state index contributed by atoms with van der Waals surface area (Å²) in [5.74, 6) is 0. The lowest BCUT2D eigenvalue weighted by Gasteiger charge is -1.96. The van der Waals surface area contributed by atoms with E-state index >= 15 is 0 Å². The first-order valence-corrected chi connectivity index (χ1v) is 4.55. The van der Waals surface area contributed by atoms with Gasteiger partial charge in [0, 0.05) is 0 Å². The lowest BCUT2D eigenvalue weighted by atomic mass is 11.9. The van der Waals surface area contributed by atoms with Gasteiger partial charge in [0.1, 0.15) is -0.942 Å². The first-order chi connectivity index (χ1) is 2.00. The molecule has 0 atom stereocenters. The molecule has 0 unspecified atom stereocenters. The van der Waals surface area contributed by atoms with Gasteiger partial charge < -0.3 is 0 Å². The highest BCUT2D eigenvalue weighted by molar-refractivity contribution is 14.3. The first-order valence-electron chi connectivity index (χ1n) is 0.817. The van der Waals surface area contributed by atoms with Gasteiger partial charge in [-0.25, -0.2) is 0 Å². The molecule has 3 radical (unpaired) electrons. The summed E-state index contributed by atoms with van der Waals surface area (Å²) in [4.78, 5) is 0. The first kappa shape index (κ1) is 7.41. The Hall–Kier alpha value is 2.41. The molecular formula is CI3Si. The third-order valence-corrected chi connectivity index (χ3v) is 0. The summed E-state index contributed by atoms with van der Waals surface area (Å²) in [6, 6.07) is 0. The zero-order valence-corrected chi connectivity index (χ0v) is 9.61. The molecule has 0 heterocycles. The number of hydrogen-bond acceptors (Lipinski definition) is 0. The van der Waals surface area contributed by atoms with E-state index in [4.69, 9.17) is 0 Å². The molecule has 0 aromatic carbocycles. The lowest BCUT2D eigenvalue weighted by Crippen LogP contribution is -1.92. The molecule has 0 rings (SSSR count). The van der Waals surface area contributed by atoms with Crippen molar-refractivity contribution < 1.29 is 0 Å². The second kappa shape index (κ2) is 2.65. The quantitative estimate of drug-likeness (QED) is 0.320. The van der Waals surface area contributed by atoms with Crippen LogP contribution in [0.25, 0.3) is 0 Å². The monoisotopic (exact) mass is 421 g/mol. The van der Waals surface area contributed by atoms with E-state index in [9.17, 15) is 0 Å². The van der Waals surface area contributed by atoms with Gasteiger partial charge in [0.05, 0.1) is 10.2 Å². The van der Waals surface area contributed by atoms with Crippen LogP contribution in [0.4, 0.5) is 0 Å². The SMILES string of the molecule is [Si]C(I)(I)I. The second-order valence-electron chi connectivity index (χ2n) is 0.498. The fourth-order valence-electron chi connectivity index (χ4n) is 0. The van der Waals surface area contributed by atoms with Crippen LogP contribution in [0.2, 0.25) is 0 Å². The Morgan fingerprint density at radius 3 is 1.20 bits per heavy atom. The molecule has 4 heteroatoms. The number of hydrogen-bond donors (Lipinski definition) is 0. The maximum absolute atomic E-state index is 3.38. The van der Waals surface area contributed by atoms with Gasteiger partial charge in [0.25, 0.3) is 0 Å². The van der Waals surface area contributed by atoms with Gasteiger partial charge in [-0.15, -0.1) is 0 Å². The maximum atomic E-state index is 3.38. The number of alkyl halides is 3. The van der Waals surface area contributed by atoms with Crippen molar-refractivity contribution in [2.75, 3.05) is 0 Å². The minimum Gasteiger partial charge on any atom is -0.0605 e. The van der Waals surface area contributed by atoms with Crippen LogP contribution in [0.1, 0.15) is 0 Å². The predicted octanol–water partition coefficient (Wildman–Crippen LogP) is 2.07. The van der Waals surface area contributed by atoms with Crippen LogP contribution in [0, 0.1) is 0 Å². The molecular weight excluding hydrogens is 421 g/mol. The molecule has 0 saturated heterocycles. The fourth-order valence-corrected chi connectivity index (χ4v) is 0. The normalized spacial score (nSPS) is 12.0. The van der Waals surface area contributed by atoms with Crippen LogP contribution in [-0.4, -0.2) is 9.30 Å². The summed E-state index contributed by atoms with van der Waals surface area (Å²) in [5.41, 5.74) is 0. The van der Waals surface area contributed by atoms with Gasteiger partial charge in [-0.3, -0.25) is 0 Å². The van der Waals surface area contributed by atoms with E-state index in [1.165, 1.54) is 0 Å². The number of rotatable bonds is 0. The summed E-state index contributed by atoms with van der Waals surface area (Å²) in [6.45, 7) is 0. The average Bonchev–Trinajstić information content (AvgIpc) is 0.722. The minimum absolute atomic E-state index is 0.216. The van der Waals surface area contributed by atoms with Crippen LogP contribution >= 0.6 is 67.8 Å². The van der Waals surface area contributed by atoms with Gasteiger partial charge in [-0.1, -0.05) is 67.8 Å². The van der Waals surface area contributed by atoms with Crippen molar-refractivity contribution in [1.29, 1.82) is 0 Å². The zero-order chi connectivity index (χ0) is 4.50. The maximum Gasteiger partial charge on any atom is 0.106 e. The van der Waals surface area contributed by atoms with Crippen LogP contribution in [0.3, 0.4) is 0 Å². The molecule has 0 aromatic heterocycles. The van der Waals surface area contributed by atoms with E-state index in [1.807, 2.05) is 0 Å². The van der Waals surface area contributed by atoms with Crippen molar-refractivity contribution >= 4 is 78.0 Å². The second-order valence-corrected chi connectivity index (χ2v) is 15.3. The van der Waals surface area contributed by atoms with Gasteiger partial charge in [0.15, 0.2) is 0 Å². The van der Waals surface area contributed by atoms with Gasteiger partial charge in [0.2, 0.25) is 0 Å². The summed E-state index contributed by atoms with van der Waals surface area (Å²) in [6.07, 6.45) is 0. The van der Waals surface area contributed by atoms with Crippen LogP contribution in [0.15, 0.2) is 0 Å². The van der Waals surface area contributed by atoms with Crippen molar-refractivity contribution in [1.82, 2.24) is 0 Å². The van der Waals surface area contributed by atoms with Crippen molar-refractivity contribution in [2.45, 2.75) is -0.942 Å². The largest absolute Gasteiger partial charge is 0.106 e. The van der Waals surface area contributed by atoms with Gasteiger partial charge >= 0.3 is 0 Å². The van der Waals surface area contributed by atoms with E-state index in [-0.39, 0.29) is -0.942 Å². The third kappa shape index (κ3) is 21.5. The zero-order valence-electron chi connectivity index (χ0n) is 2.13. The van der Waals surface area contributed by atoms with E-state index < -0.39 is 0 Å². The molecule has 0 aliphatic rings. The predicted molar refractivity (Wildman–Crippen MR) is 50.5 cm³/mol. The topological polar surface area (TPSA) is 0 Å². The van der Waals surface area contributed by atoms with Gasteiger partial charge in [-0.05, 0) is 0 Å². The third-order valence-electron chi connectivity index (χ3n) is 0. The smallest absolute Gasteiger partial charge is 0.0605 e. The minimum atomic E-state index is 0.216. The van der Waals surface area contributed by atoms with Crippen molar-refractivity contribution in [3.63, 3.8) is 0 Å². The number of halogens is 3. The highest BCUT2D eigenvalue weighted by Gasteiger charge is 2.04. The van der Waals surface area contributed by atoms with Gasteiger partial charge in [-0.2, -0.15) is 0 Å². The van der Waals surface area contributed by atoms with Crippen molar-refractivity contribution in [2.24, 2.45) is 0 Å². The average molecular weight is 421 g/mol. The Morgan fingerprint density at radius 1 is 1.20 bits per heavy atom. The molecule has 0 nitrogen and oxygen atoms in total. The van der Waals surface area contributed by atoms with Crippen molar-refractivity contribution in [3.05, 3.63) is 0 Å². The molecule has 0 N–H and O–H groups in total. The summed E-state index contributed by atoms with van der Waals surface area (Å²) >= 11 is 6.79. The van der Waals surface area contributed by atoms with E-state index in [2.05, 4.69) is 78.0 Å². The molecule has 0 bridgehead atoms. The van der Waals surface area contributed by atoms with Crippen LogP contribution in [-0.2, 0) is 0 Å². The Morgan fingerprint density at radius 2 is 1.20 bits per heavy atom. The van der Waals surface area contributed by atoms with Crippen LogP contribution in [0.5, 0.6) is 0 Å². The highest BCUT2D eigenvalue weighted by Crippen LogP contribution is 2.30. The Balaban J connectivity index is 3.02. The summed E-state index contributed by atoms with van der Waals surface area (Å²) in [5, 5.41) is 0. The van der Waals surface area contributed by atoms with E-state index in [0.29, 0.717) is 0 Å². The lowest BCUT2D eigenvalue weighted by molar-refractivity contribution is 2.20. The highest BCUT2D eigenvalue weighted by atomic mass is 127. The summed E-state index contributed by atoms with van der Waals surface area (Å²) in [7, 11) is 3.38. The Bertz CT molecular complexity index is 22.4. The van der Waals surface area contributed by atoms with E-state index in [1.54, 1.807) is 0 Å². The molecule has 0 amide bonds. The molecule has 0 aromatic rings. The molecule has 29 valence electrons.